The summed E-state index contributed by atoms with van der Waals surface area (Å²) in [6, 6.07) is 0.587. The van der Waals surface area contributed by atoms with Crippen LogP contribution >= 0.6 is 0 Å². The van der Waals surface area contributed by atoms with Crippen LogP contribution in [0.15, 0.2) is 0 Å². The zero-order valence-electron chi connectivity index (χ0n) is 12.7. The average molecular weight is 255 g/mol. The van der Waals surface area contributed by atoms with Crippen LogP contribution in [-0.2, 0) is 4.74 Å². The Hall–Kier alpha value is -0.0800. The van der Waals surface area contributed by atoms with Gasteiger partial charge in [0.1, 0.15) is 0 Å². The van der Waals surface area contributed by atoms with Crippen LogP contribution in [-0.4, -0.2) is 25.8 Å². The summed E-state index contributed by atoms with van der Waals surface area (Å²) >= 11 is 0. The third kappa shape index (κ3) is 5.71. The van der Waals surface area contributed by atoms with E-state index in [-0.39, 0.29) is 0 Å². The molecule has 0 saturated heterocycles. The molecule has 0 aliphatic heterocycles. The van der Waals surface area contributed by atoms with Crippen molar-refractivity contribution in [3.05, 3.63) is 0 Å². The van der Waals surface area contributed by atoms with Crippen LogP contribution in [0.5, 0.6) is 0 Å². The highest BCUT2D eigenvalue weighted by atomic mass is 16.5. The number of nitrogens with one attached hydrogen (secondary N) is 1. The van der Waals surface area contributed by atoms with Crippen LogP contribution < -0.4 is 5.32 Å². The first-order valence-corrected chi connectivity index (χ1v) is 8.10. The van der Waals surface area contributed by atoms with Crippen molar-refractivity contribution in [2.75, 3.05) is 13.7 Å². The molecule has 1 rings (SSSR count). The van der Waals surface area contributed by atoms with E-state index >= 15 is 0 Å². The smallest absolute Gasteiger partial charge is 0.0730 e. The van der Waals surface area contributed by atoms with Crippen LogP contribution in [0, 0.1) is 5.92 Å². The summed E-state index contributed by atoms with van der Waals surface area (Å²) in [7, 11) is 2.08. The molecule has 1 saturated carbocycles. The van der Waals surface area contributed by atoms with Crippen LogP contribution in [0.2, 0.25) is 0 Å². The third-order valence-electron chi connectivity index (χ3n) is 4.30. The van der Waals surface area contributed by atoms with Gasteiger partial charge in [0.15, 0.2) is 0 Å². The maximum absolute atomic E-state index is 6.15. The summed E-state index contributed by atoms with van der Waals surface area (Å²) in [6.45, 7) is 5.51. The number of hydrogen-bond donors (Lipinski definition) is 1. The normalized spacial score (nSPS) is 28.5. The van der Waals surface area contributed by atoms with Crippen molar-refractivity contribution >= 4 is 0 Å². The molecule has 0 amide bonds. The Morgan fingerprint density at radius 3 is 2.56 bits per heavy atom. The number of hydrogen-bond acceptors (Lipinski definition) is 2. The first-order valence-electron chi connectivity index (χ1n) is 8.10. The zero-order valence-corrected chi connectivity index (χ0v) is 12.7. The molecule has 1 N–H and O–H groups in total. The summed E-state index contributed by atoms with van der Waals surface area (Å²) in [5, 5.41) is 3.44. The van der Waals surface area contributed by atoms with E-state index in [0.29, 0.717) is 12.1 Å². The molecule has 0 aromatic carbocycles. The number of unbranched alkanes of at least 4 members (excludes halogenated alkanes) is 3. The lowest BCUT2D eigenvalue weighted by atomic mass is 9.81. The molecule has 0 heterocycles. The molecule has 2 nitrogen and oxygen atoms in total. The SMILES string of the molecule is CCCCCCOC1CC(CCC)CCC1NC. The Kier molecular flexibility index (Phi) is 8.70. The number of ether oxygens (including phenoxy) is 1. The van der Waals surface area contributed by atoms with E-state index in [4.69, 9.17) is 4.74 Å². The van der Waals surface area contributed by atoms with Crippen molar-refractivity contribution in [1.82, 2.24) is 5.32 Å². The molecule has 0 spiro atoms. The van der Waals surface area contributed by atoms with Gasteiger partial charge >= 0.3 is 0 Å². The van der Waals surface area contributed by atoms with Crippen LogP contribution in [0.3, 0.4) is 0 Å². The minimum absolute atomic E-state index is 0.460. The molecule has 1 aliphatic carbocycles. The molecule has 1 fully saturated rings. The van der Waals surface area contributed by atoms with E-state index in [9.17, 15) is 0 Å². The van der Waals surface area contributed by atoms with Crippen molar-refractivity contribution in [3.8, 4) is 0 Å². The van der Waals surface area contributed by atoms with Gasteiger partial charge in [0.05, 0.1) is 6.10 Å². The zero-order chi connectivity index (χ0) is 13.2. The van der Waals surface area contributed by atoms with Gasteiger partial charge in [-0.3, -0.25) is 0 Å². The molecule has 2 heteroatoms. The molecule has 108 valence electrons. The number of likely N-dealkylation sites (N-methyl/N-ethyl adjacent to an activating group) is 1. The number of rotatable bonds is 9. The topological polar surface area (TPSA) is 21.3 Å². The Bertz CT molecular complexity index is 196. The lowest BCUT2D eigenvalue weighted by Gasteiger charge is -2.36. The summed E-state index contributed by atoms with van der Waals surface area (Å²) < 4.78 is 6.15. The van der Waals surface area contributed by atoms with Gasteiger partial charge in [0.2, 0.25) is 0 Å². The summed E-state index contributed by atoms with van der Waals surface area (Å²) in [5.41, 5.74) is 0. The summed E-state index contributed by atoms with van der Waals surface area (Å²) in [6.07, 6.45) is 12.3. The molecular formula is C16H33NO. The Balaban J connectivity index is 2.24. The Labute approximate surface area is 114 Å². The van der Waals surface area contributed by atoms with E-state index < -0.39 is 0 Å². The summed E-state index contributed by atoms with van der Waals surface area (Å²) in [4.78, 5) is 0. The Morgan fingerprint density at radius 1 is 1.06 bits per heavy atom. The first kappa shape index (κ1) is 16.0. The molecule has 1 aliphatic rings. The first-order chi connectivity index (χ1) is 8.81. The van der Waals surface area contributed by atoms with E-state index in [1.807, 2.05) is 0 Å². The van der Waals surface area contributed by atoms with Crippen LogP contribution in [0.4, 0.5) is 0 Å². The summed E-state index contributed by atoms with van der Waals surface area (Å²) in [5.74, 6) is 0.903. The Morgan fingerprint density at radius 2 is 1.89 bits per heavy atom. The predicted molar refractivity (Wildman–Crippen MR) is 79.0 cm³/mol. The molecule has 3 atom stereocenters. The van der Waals surface area contributed by atoms with Gasteiger partial charge in [-0.05, 0) is 38.6 Å². The van der Waals surface area contributed by atoms with Crippen molar-refractivity contribution < 1.29 is 4.74 Å². The van der Waals surface area contributed by atoms with Crippen LogP contribution in [0.25, 0.3) is 0 Å². The lowest BCUT2D eigenvalue weighted by molar-refractivity contribution is -0.0108. The molecular weight excluding hydrogens is 222 g/mol. The molecule has 0 bridgehead atoms. The van der Waals surface area contributed by atoms with Crippen molar-refractivity contribution in [1.29, 1.82) is 0 Å². The maximum atomic E-state index is 6.15. The second kappa shape index (κ2) is 9.80. The largest absolute Gasteiger partial charge is 0.377 e. The predicted octanol–water partition coefficient (Wildman–Crippen LogP) is 4.14. The van der Waals surface area contributed by atoms with Crippen LogP contribution in [0.1, 0.15) is 71.6 Å². The van der Waals surface area contributed by atoms with E-state index in [0.717, 1.165) is 12.5 Å². The van der Waals surface area contributed by atoms with Crippen molar-refractivity contribution in [2.45, 2.75) is 83.8 Å². The van der Waals surface area contributed by atoms with Gasteiger partial charge < -0.3 is 10.1 Å². The standard InChI is InChI=1S/C16H33NO/c1-4-6-7-8-12-18-16-13-14(9-5-2)10-11-15(16)17-3/h14-17H,4-13H2,1-3H3. The van der Waals surface area contributed by atoms with Gasteiger partial charge in [-0.2, -0.15) is 0 Å². The molecule has 18 heavy (non-hydrogen) atoms. The van der Waals surface area contributed by atoms with Gasteiger partial charge in [-0.25, -0.2) is 0 Å². The highest BCUT2D eigenvalue weighted by Gasteiger charge is 2.29. The fourth-order valence-corrected chi connectivity index (χ4v) is 3.16. The fraction of sp³-hybridized carbons (Fsp3) is 1.00. The minimum atomic E-state index is 0.460. The monoisotopic (exact) mass is 255 g/mol. The molecule has 0 aromatic rings. The van der Waals surface area contributed by atoms with Gasteiger partial charge in [0.25, 0.3) is 0 Å². The van der Waals surface area contributed by atoms with Crippen molar-refractivity contribution in [2.24, 2.45) is 5.92 Å². The van der Waals surface area contributed by atoms with E-state index in [1.165, 1.54) is 57.8 Å². The highest BCUT2D eigenvalue weighted by molar-refractivity contribution is 4.84. The fourth-order valence-electron chi connectivity index (χ4n) is 3.16. The molecule has 0 radical (unpaired) electrons. The second-order valence-electron chi connectivity index (χ2n) is 5.83. The minimum Gasteiger partial charge on any atom is -0.377 e. The molecule has 3 unspecified atom stereocenters. The maximum Gasteiger partial charge on any atom is 0.0730 e. The second-order valence-corrected chi connectivity index (χ2v) is 5.83. The quantitative estimate of drug-likeness (QED) is 0.625. The third-order valence-corrected chi connectivity index (χ3v) is 4.30. The van der Waals surface area contributed by atoms with Gasteiger partial charge in [-0.1, -0.05) is 46.0 Å². The highest BCUT2D eigenvalue weighted by Crippen LogP contribution is 2.29. The van der Waals surface area contributed by atoms with Crippen molar-refractivity contribution in [3.63, 3.8) is 0 Å². The van der Waals surface area contributed by atoms with E-state index in [1.54, 1.807) is 0 Å². The molecule has 0 aromatic heterocycles. The van der Waals surface area contributed by atoms with Gasteiger partial charge in [-0.15, -0.1) is 0 Å². The average Bonchev–Trinajstić information content (AvgIpc) is 2.39. The van der Waals surface area contributed by atoms with Gasteiger partial charge in [0, 0.05) is 12.6 Å². The lowest BCUT2D eigenvalue weighted by Crippen LogP contribution is -2.44. The van der Waals surface area contributed by atoms with E-state index in [2.05, 4.69) is 26.2 Å².